The van der Waals surface area contributed by atoms with E-state index in [9.17, 15) is 9.59 Å². The maximum atomic E-state index is 11.2. The highest BCUT2D eigenvalue weighted by Gasteiger charge is 2.18. The normalized spacial score (nSPS) is 9.93. The zero-order valence-electron chi connectivity index (χ0n) is 7.80. The van der Waals surface area contributed by atoms with E-state index in [4.69, 9.17) is 16.7 Å². The second-order valence-electron chi connectivity index (χ2n) is 3.03. The van der Waals surface area contributed by atoms with E-state index in [1.807, 2.05) is 0 Å². The summed E-state index contributed by atoms with van der Waals surface area (Å²) >= 11 is 5.73. The van der Waals surface area contributed by atoms with E-state index < -0.39 is 11.8 Å². The zero-order chi connectivity index (χ0) is 10.9. The molecule has 74 valence electrons. The minimum absolute atomic E-state index is 0.155. The van der Waals surface area contributed by atoms with Crippen LogP contribution in [0.3, 0.4) is 0 Å². The van der Waals surface area contributed by atoms with Gasteiger partial charge in [-0.3, -0.25) is 4.79 Å². The Balaban J connectivity index is 3.34. The number of aliphatic carboxylic acids is 1. The molecular formula is C10H9ClO3. The van der Waals surface area contributed by atoms with E-state index in [0.29, 0.717) is 10.6 Å². The number of halogens is 1. The van der Waals surface area contributed by atoms with Gasteiger partial charge in [0, 0.05) is 10.6 Å². The van der Waals surface area contributed by atoms with Gasteiger partial charge < -0.3 is 5.11 Å². The molecule has 1 aromatic carbocycles. The minimum Gasteiger partial charge on any atom is -0.475 e. The van der Waals surface area contributed by atoms with E-state index in [0.717, 1.165) is 5.56 Å². The van der Waals surface area contributed by atoms with Gasteiger partial charge in [0.2, 0.25) is 0 Å². The monoisotopic (exact) mass is 212 g/mol. The van der Waals surface area contributed by atoms with Crippen LogP contribution in [0.5, 0.6) is 0 Å². The lowest BCUT2D eigenvalue weighted by molar-refractivity contribution is -0.131. The summed E-state index contributed by atoms with van der Waals surface area (Å²) < 4.78 is 0. The Labute approximate surface area is 86.3 Å². The predicted molar refractivity (Wildman–Crippen MR) is 52.9 cm³/mol. The summed E-state index contributed by atoms with van der Waals surface area (Å²) in [5.74, 6) is -2.39. The fourth-order valence-corrected chi connectivity index (χ4v) is 1.44. The first-order valence-electron chi connectivity index (χ1n) is 3.98. The highest BCUT2D eigenvalue weighted by molar-refractivity contribution is 6.41. The summed E-state index contributed by atoms with van der Waals surface area (Å²) in [7, 11) is 0. The standard InChI is InChI=1S/C10H9ClO3/c1-5-3-7(11)4-8(6(5)2)9(12)10(13)14/h3-4H,1-2H3,(H,13,14). The first kappa shape index (κ1) is 10.7. The molecule has 0 aliphatic carbocycles. The van der Waals surface area contributed by atoms with E-state index in [2.05, 4.69) is 0 Å². The van der Waals surface area contributed by atoms with E-state index in [1.54, 1.807) is 19.9 Å². The van der Waals surface area contributed by atoms with Gasteiger partial charge in [-0.25, -0.2) is 4.79 Å². The van der Waals surface area contributed by atoms with Gasteiger partial charge in [0.15, 0.2) is 0 Å². The van der Waals surface area contributed by atoms with Crippen molar-refractivity contribution in [1.82, 2.24) is 0 Å². The van der Waals surface area contributed by atoms with Gasteiger partial charge in [0.1, 0.15) is 0 Å². The number of carbonyl (C=O) groups excluding carboxylic acids is 1. The maximum Gasteiger partial charge on any atom is 0.377 e. The molecule has 0 fully saturated rings. The highest BCUT2D eigenvalue weighted by atomic mass is 35.5. The van der Waals surface area contributed by atoms with Crippen LogP contribution in [0, 0.1) is 13.8 Å². The largest absolute Gasteiger partial charge is 0.475 e. The third-order valence-electron chi connectivity index (χ3n) is 2.07. The van der Waals surface area contributed by atoms with Crippen molar-refractivity contribution in [3.8, 4) is 0 Å². The van der Waals surface area contributed by atoms with Gasteiger partial charge in [-0.2, -0.15) is 0 Å². The van der Waals surface area contributed by atoms with Gasteiger partial charge in [0.05, 0.1) is 0 Å². The molecule has 0 aromatic heterocycles. The number of aryl methyl sites for hydroxylation is 1. The van der Waals surface area contributed by atoms with Crippen molar-refractivity contribution >= 4 is 23.4 Å². The topological polar surface area (TPSA) is 54.4 Å². The molecule has 14 heavy (non-hydrogen) atoms. The summed E-state index contributed by atoms with van der Waals surface area (Å²) in [5, 5.41) is 8.92. The molecule has 0 aliphatic rings. The van der Waals surface area contributed by atoms with Gasteiger partial charge in [-0.1, -0.05) is 11.6 Å². The second kappa shape index (κ2) is 3.80. The number of Topliss-reactive ketones (excluding diaryl/α,β-unsaturated/α-hetero) is 1. The number of rotatable bonds is 2. The average Bonchev–Trinajstić information content (AvgIpc) is 2.09. The van der Waals surface area contributed by atoms with E-state index >= 15 is 0 Å². The molecule has 0 saturated heterocycles. The Kier molecular flexibility index (Phi) is 2.91. The minimum atomic E-state index is -1.46. The lowest BCUT2D eigenvalue weighted by atomic mass is 10.0. The third-order valence-corrected chi connectivity index (χ3v) is 2.29. The fraction of sp³-hybridized carbons (Fsp3) is 0.200. The van der Waals surface area contributed by atoms with Gasteiger partial charge in [-0.05, 0) is 37.1 Å². The summed E-state index contributed by atoms with van der Waals surface area (Å²) in [6, 6.07) is 3.07. The molecule has 0 aliphatic heterocycles. The summed E-state index contributed by atoms with van der Waals surface area (Å²) in [5.41, 5.74) is 1.62. The lowest BCUT2D eigenvalue weighted by Crippen LogP contribution is -2.14. The predicted octanol–water partition coefficient (Wildman–Crippen LogP) is 2.22. The fourth-order valence-electron chi connectivity index (χ4n) is 1.17. The molecular weight excluding hydrogens is 204 g/mol. The van der Waals surface area contributed by atoms with Crippen molar-refractivity contribution in [2.45, 2.75) is 13.8 Å². The number of ketones is 1. The number of benzene rings is 1. The van der Waals surface area contributed by atoms with Crippen LogP contribution in [0.25, 0.3) is 0 Å². The lowest BCUT2D eigenvalue weighted by Gasteiger charge is -2.06. The van der Waals surface area contributed by atoms with Crippen LogP contribution in [0.1, 0.15) is 21.5 Å². The van der Waals surface area contributed by atoms with E-state index in [-0.39, 0.29) is 5.56 Å². The Morgan fingerprint density at radius 2 is 1.86 bits per heavy atom. The number of hydrogen-bond donors (Lipinski definition) is 1. The molecule has 0 heterocycles. The van der Waals surface area contributed by atoms with Crippen molar-refractivity contribution in [3.05, 3.63) is 33.8 Å². The van der Waals surface area contributed by atoms with Crippen LogP contribution >= 0.6 is 11.6 Å². The van der Waals surface area contributed by atoms with Crippen molar-refractivity contribution in [2.24, 2.45) is 0 Å². The van der Waals surface area contributed by atoms with Crippen LogP contribution in [-0.4, -0.2) is 16.9 Å². The van der Waals surface area contributed by atoms with Crippen LogP contribution in [0.4, 0.5) is 0 Å². The molecule has 1 aromatic rings. The highest BCUT2D eigenvalue weighted by Crippen LogP contribution is 2.20. The molecule has 0 bridgehead atoms. The first-order valence-corrected chi connectivity index (χ1v) is 4.35. The molecule has 0 spiro atoms. The summed E-state index contributed by atoms with van der Waals surface area (Å²) in [6.45, 7) is 3.47. The number of carbonyl (C=O) groups is 2. The average molecular weight is 213 g/mol. The molecule has 0 amide bonds. The SMILES string of the molecule is Cc1cc(Cl)cc(C(=O)C(=O)O)c1C. The summed E-state index contributed by atoms with van der Waals surface area (Å²) in [6.07, 6.45) is 0. The van der Waals surface area contributed by atoms with E-state index in [1.165, 1.54) is 6.07 Å². The third kappa shape index (κ3) is 1.93. The molecule has 3 nitrogen and oxygen atoms in total. The van der Waals surface area contributed by atoms with Crippen LogP contribution in [0.15, 0.2) is 12.1 Å². The van der Waals surface area contributed by atoms with Crippen molar-refractivity contribution in [3.63, 3.8) is 0 Å². The van der Waals surface area contributed by atoms with Crippen molar-refractivity contribution in [1.29, 1.82) is 0 Å². The Bertz CT molecular complexity index is 410. The zero-order valence-corrected chi connectivity index (χ0v) is 8.55. The molecule has 4 heteroatoms. The molecule has 1 N–H and O–H groups in total. The number of carboxylic acids is 1. The van der Waals surface area contributed by atoms with Crippen molar-refractivity contribution < 1.29 is 14.7 Å². The Morgan fingerprint density at radius 1 is 1.29 bits per heavy atom. The molecule has 0 unspecified atom stereocenters. The van der Waals surface area contributed by atoms with Crippen LogP contribution < -0.4 is 0 Å². The molecule has 1 rings (SSSR count). The van der Waals surface area contributed by atoms with Gasteiger partial charge >= 0.3 is 5.97 Å². The van der Waals surface area contributed by atoms with Crippen LogP contribution in [0.2, 0.25) is 5.02 Å². The summed E-state index contributed by atoms with van der Waals surface area (Å²) in [4.78, 5) is 21.7. The van der Waals surface area contributed by atoms with Crippen molar-refractivity contribution in [2.75, 3.05) is 0 Å². The molecule has 0 saturated carbocycles. The smallest absolute Gasteiger partial charge is 0.377 e. The number of carboxylic acid groups (broad SMARTS) is 1. The molecule has 0 atom stereocenters. The van der Waals surface area contributed by atoms with Crippen LogP contribution in [-0.2, 0) is 4.79 Å². The van der Waals surface area contributed by atoms with Gasteiger partial charge in [-0.15, -0.1) is 0 Å². The number of hydrogen-bond acceptors (Lipinski definition) is 2. The van der Waals surface area contributed by atoms with Gasteiger partial charge in [0.25, 0.3) is 5.78 Å². The Morgan fingerprint density at radius 3 is 2.36 bits per heavy atom. The second-order valence-corrected chi connectivity index (χ2v) is 3.47. The quantitative estimate of drug-likeness (QED) is 0.604. The Hall–Kier alpha value is -1.35. The molecule has 0 radical (unpaired) electrons. The first-order chi connectivity index (χ1) is 6.43. The maximum absolute atomic E-state index is 11.2.